The SMILES string of the molecule is C[C@H](OC(=O)[C@H](C)Oc1ccccc1)C(=O)Nc1ccccc1[N+](=O)[O-]. The fourth-order valence-electron chi connectivity index (χ4n) is 2.05. The van der Waals surface area contributed by atoms with Gasteiger partial charge in [0, 0.05) is 6.07 Å². The summed E-state index contributed by atoms with van der Waals surface area (Å²) in [6, 6.07) is 14.4. The number of hydrogen-bond acceptors (Lipinski definition) is 6. The summed E-state index contributed by atoms with van der Waals surface area (Å²) in [5.41, 5.74) is -0.223. The van der Waals surface area contributed by atoms with Crippen LogP contribution in [0.4, 0.5) is 11.4 Å². The van der Waals surface area contributed by atoms with E-state index < -0.39 is 29.0 Å². The summed E-state index contributed by atoms with van der Waals surface area (Å²) in [5, 5.41) is 13.4. The molecule has 2 rings (SSSR count). The minimum Gasteiger partial charge on any atom is -0.479 e. The molecule has 1 N–H and O–H groups in total. The zero-order valence-electron chi connectivity index (χ0n) is 14.2. The van der Waals surface area contributed by atoms with Crippen LogP contribution in [0.3, 0.4) is 0 Å². The molecule has 2 atom stereocenters. The Morgan fingerprint density at radius 2 is 1.62 bits per heavy atom. The Morgan fingerprint density at radius 1 is 1.00 bits per heavy atom. The average Bonchev–Trinajstić information content (AvgIpc) is 2.62. The fraction of sp³-hybridized carbons (Fsp3) is 0.222. The lowest BCUT2D eigenvalue weighted by molar-refractivity contribution is -0.383. The Balaban J connectivity index is 1.94. The zero-order chi connectivity index (χ0) is 19.1. The van der Waals surface area contributed by atoms with Gasteiger partial charge in [-0.1, -0.05) is 30.3 Å². The number of rotatable bonds is 7. The van der Waals surface area contributed by atoms with Crippen molar-refractivity contribution in [1.82, 2.24) is 0 Å². The van der Waals surface area contributed by atoms with E-state index in [0.29, 0.717) is 5.75 Å². The van der Waals surface area contributed by atoms with Crippen LogP contribution in [-0.2, 0) is 14.3 Å². The van der Waals surface area contributed by atoms with Gasteiger partial charge in [0.05, 0.1) is 4.92 Å². The number of hydrogen-bond donors (Lipinski definition) is 1. The van der Waals surface area contributed by atoms with Crippen molar-refractivity contribution in [3.8, 4) is 5.75 Å². The topological polar surface area (TPSA) is 108 Å². The van der Waals surface area contributed by atoms with Crippen molar-refractivity contribution in [3.63, 3.8) is 0 Å². The Hall–Kier alpha value is -3.42. The van der Waals surface area contributed by atoms with Gasteiger partial charge in [-0.3, -0.25) is 14.9 Å². The summed E-state index contributed by atoms with van der Waals surface area (Å²) in [4.78, 5) is 34.6. The van der Waals surface area contributed by atoms with Crippen LogP contribution in [0.1, 0.15) is 13.8 Å². The lowest BCUT2D eigenvalue weighted by Gasteiger charge is -2.17. The molecule has 0 aliphatic rings. The summed E-state index contributed by atoms with van der Waals surface area (Å²) in [6.07, 6.45) is -2.07. The molecular formula is C18H18N2O6. The van der Waals surface area contributed by atoms with Crippen LogP contribution in [0.15, 0.2) is 54.6 Å². The van der Waals surface area contributed by atoms with Gasteiger partial charge in [-0.05, 0) is 32.0 Å². The van der Waals surface area contributed by atoms with Crippen molar-refractivity contribution in [1.29, 1.82) is 0 Å². The number of esters is 1. The van der Waals surface area contributed by atoms with Crippen molar-refractivity contribution in [2.75, 3.05) is 5.32 Å². The van der Waals surface area contributed by atoms with Crippen LogP contribution in [0.2, 0.25) is 0 Å². The highest BCUT2D eigenvalue weighted by molar-refractivity contribution is 5.97. The van der Waals surface area contributed by atoms with Gasteiger partial charge in [0.2, 0.25) is 0 Å². The summed E-state index contributed by atoms with van der Waals surface area (Å²) >= 11 is 0. The summed E-state index contributed by atoms with van der Waals surface area (Å²) < 4.78 is 10.5. The van der Waals surface area contributed by atoms with E-state index in [-0.39, 0.29) is 11.4 Å². The largest absolute Gasteiger partial charge is 0.479 e. The van der Waals surface area contributed by atoms with Gasteiger partial charge in [-0.15, -0.1) is 0 Å². The van der Waals surface area contributed by atoms with Gasteiger partial charge in [-0.2, -0.15) is 0 Å². The van der Waals surface area contributed by atoms with Gasteiger partial charge < -0.3 is 14.8 Å². The molecule has 0 radical (unpaired) electrons. The lowest BCUT2D eigenvalue weighted by Crippen LogP contribution is -2.35. The quantitative estimate of drug-likeness (QED) is 0.463. The van der Waals surface area contributed by atoms with Crippen molar-refractivity contribution in [3.05, 3.63) is 64.7 Å². The number of carbonyl (C=O) groups excluding carboxylic acids is 2. The smallest absolute Gasteiger partial charge is 0.347 e. The molecule has 0 fully saturated rings. The number of ether oxygens (including phenoxy) is 2. The number of nitro groups is 1. The van der Waals surface area contributed by atoms with E-state index in [4.69, 9.17) is 9.47 Å². The van der Waals surface area contributed by atoms with Crippen molar-refractivity contribution in [2.24, 2.45) is 0 Å². The van der Waals surface area contributed by atoms with Crippen LogP contribution >= 0.6 is 0 Å². The van der Waals surface area contributed by atoms with Gasteiger partial charge in [-0.25, -0.2) is 4.79 Å². The van der Waals surface area contributed by atoms with E-state index in [1.165, 1.54) is 32.0 Å². The molecule has 8 heteroatoms. The molecule has 1 amide bonds. The van der Waals surface area contributed by atoms with E-state index in [9.17, 15) is 19.7 Å². The number of carbonyl (C=O) groups is 2. The van der Waals surface area contributed by atoms with Gasteiger partial charge >= 0.3 is 5.97 Å². The summed E-state index contributed by atoms with van der Waals surface area (Å²) in [6.45, 7) is 2.87. The first-order valence-electron chi connectivity index (χ1n) is 7.85. The number of nitrogens with one attached hydrogen (secondary N) is 1. The molecule has 0 spiro atoms. The highest BCUT2D eigenvalue weighted by atomic mass is 16.6. The fourth-order valence-corrected chi connectivity index (χ4v) is 2.05. The third-order valence-electron chi connectivity index (χ3n) is 3.41. The second kappa shape index (κ2) is 8.61. The van der Waals surface area contributed by atoms with E-state index in [2.05, 4.69) is 5.32 Å². The molecule has 2 aromatic rings. The molecule has 0 saturated heterocycles. The Morgan fingerprint density at radius 3 is 2.27 bits per heavy atom. The standard InChI is InChI=1S/C18H18N2O6/c1-12(17(21)19-15-10-6-7-11-16(15)20(23)24)26-18(22)13(2)25-14-8-4-3-5-9-14/h3-13H,1-2H3,(H,19,21)/t12-,13-/m0/s1. The van der Waals surface area contributed by atoms with Crippen LogP contribution in [-0.4, -0.2) is 29.0 Å². The molecule has 0 aliphatic carbocycles. The number of para-hydroxylation sites is 3. The second-order valence-corrected chi connectivity index (χ2v) is 5.42. The van der Waals surface area contributed by atoms with Gasteiger partial charge in [0.15, 0.2) is 12.2 Å². The second-order valence-electron chi connectivity index (χ2n) is 5.42. The zero-order valence-corrected chi connectivity index (χ0v) is 14.2. The molecule has 0 aromatic heterocycles. The Kier molecular flexibility index (Phi) is 6.26. The first-order chi connectivity index (χ1) is 12.4. The highest BCUT2D eigenvalue weighted by Gasteiger charge is 2.25. The number of benzene rings is 2. The Bertz CT molecular complexity index is 793. The molecule has 0 bridgehead atoms. The first kappa shape index (κ1) is 18.9. The lowest BCUT2D eigenvalue weighted by atomic mass is 10.2. The maximum absolute atomic E-state index is 12.2. The van der Waals surface area contributed by atoms with Crippen LogP contribution in [0.25, 0.3) is 0 Å². The maximum atomic E-state index is 12.2. The van der Waals surface area contributed by atoms with Crippen LogP contribution in [0, 0.1) is 10.1 Å². The molecule has 0 heterocycles. The number of amides is 1. The maximum Gasteiger partial charge on any atom is 0.347 e. The van der Waals surface area contributed by atoms with E-state index in [1.54, 1.807) is 30.3 Å². The predicted molar refractivity (Wildman–Crippen MR) is 93.8 cm³/mol. The molecule has 2 aromatic carbocycles. The first-order valence-corrected chi connectivity index (χ1v) is 7.85. The third kappa shape index (κ3) is 5.04. The van der Waals surface area contributed by atoms with Crippen molar-refractivity contribution in [2.45, 2.75) is 26.1 Å². The Labute approximate surface area is 149 Å². The normalized spacial score (nSPS) is 12.5. The van der Waals surface area contributed by atoms with E-state index in [0.717, 1.165) is 0 Å². The molecule has 0 unspecified atom stereocenters. The van der Waals surface area contributed by atoms with Gasteiger partial charge in [0.1, 0.15) is 11.4 Å². The minimum absolute atomic E-state index is 0.0268. The van der Waals surface area contributed by atoms with Crippen molar-refractivity contribution < 1.29 is 24.0 Å². The van der Waals surface area contributed by atoms with E-state index in [1.807, 2.05) is 6.07 Å². The molecular weight excluding hydrogens is 340 g/mol. The minimum atomic E-state index is -1.15. The van der Waals surface area contributed by atoms with Crippen LogP contribution < -0.4 is 10.1 Å². The number of nitrogens with zero attached hydrogens (tertiary/aromatic N) is 1. The van der Waals surface area contributed by atoms with Gasteiger partial charge in [0.25, 0.3) is 11.6 Å². The molecule has 0 aliphatic heterocycles. The molecule has 8 nitrogen and oxygen atoms in total. The third-order valence-corrected chi connectivity index (χ3v) is 3.41. The van der Waals surface area contributed by atoms with Crippen LogP contribution in [0.5, 0.6) is 5.75 Å². The number of nitro benzene ring substituents is 1. The van der Waals surface area contributed by atoms with E-state index >= 15 is 0 Å². The summed E-state index contributed by atoms with van der Waals surface area (Å²) in [7, 11) is 0. The molecule has 26 heavy (non-hydrogen) atoms. The highest BCUT2D eigenvalue weighted by Crippen LogP contribution is 2.23. The molecule has 136 valence electrons. The number of anilines is 1. The van der Waals surface area contributed by atoms with Crippen molar-refractivity contribution >= 4 is 23.3 Å². The summed E-state index contributed by atoms with van der Waals surface area (Å²) in [5.74, 6) is -0.910. The monoisotopic (exact) mass is 358 g/mol. The average molecular weight is 358 g/mol. The predicted octanol–water partition coefficient (Wildman–Crippen LogP) is 2.93. The molecule has 0 saturated carbocycles.